The minimum atomic E-state index is -0.309. The van der Waals surface area contributed by atoms with Crippen LogP contribution < -0.4 is 0 Å². The van der Waals surface area contributed by atoms with Crippen LogP contribution in [0.15, 0.2) is 11.6 Å². The van der Waals surface area contributed by atoms with Crippen molar-refractivity contribution in [2.45, 2.75) is 19.4 Å². The van der Waals surface area contributed by atoms with Gasteiger partial charge in [0.1, 0.15) is 0 Å². The summed E-state index contributed by atoms with van der Waals surface area (Å²) in [6.07, 6.45) is 2.84. The predicted octanol–water partition coefficient (Wildman–Crippen LogP) is 0.911. The molecular formula is C10H16O4. The molecule has 1 atom stereocenters. The first-order chi connectivity index (χ1) is 6.74. The highest BCUT2D eigenvalue weighted by atomic mass is 16.5. The monoisotopic (exact) mass is 200 g/mol. The zero-order valence-electron chi connectivity index (χ0n) is 8.62. The van der Waals surface area contributed by atoms with Gasteiger partial charge in [-0.1, -0.05) is 0 Å². The summed E-state index contributed by atoms with van der Waals surface area (Å²) in [4.78, 5) is 11.0. The maximum absolute atomic E-state index is 11.0. The second kappa shape index (κ2) is 5.78. The first-order valence-corrected chi connectivity index (χ1v) is 4.68. The van der Waals surface area contributed by atoms with Gasteiger partial charge in [-0.2, -0.15) is 0 Å². The summed E-state index contributed by atoms with van der Waals surface area (Å²) in [7, 11) is 1.37. The van der Waals surface area contributed by atoms with E-state index >= 15 is 0 Å². The van der Waals surface area contributed by atoms with E-state index in [1.807, 2.05) is 0 Å². The number of rotatable bonds is 4. The Morgan fingerprint density at radius 2 is 2.43 bits per heavy atom. The highest BCUT2D eigenvalue weighted by Crippen LogP contribution is 2.08. The summed E-state index contributed by atoms with van der Waals surface area (Å²) in [5.41, 5.74) is 0.575. The zero-order chi connectivity index (χ0) is 10.4. The molecule has 0 aromatic carbocycles. The minimum absolute atomic E-state index is 0.177. The average molecular weight is 200 g/mol. The van der Waals surface area contributed by atoms with E-state index in [4.69, 9.17) is 9.47 Å². The molecule has 1 aliphatic rings. The van der Waals surface area contributed by atoms with Gasteiger partial charge in [0.2, 0.25) is 0 Å². The third-order valence-electron chi connectivity index (χ3n) is 2.12. The Balaban J connectivity index is 2.21. The topological polar surface area (TPSA) is 44.8 Å². The number of carbonyl (C=O) groups excluding carboxylic acids is 1. The van der Waals surface area contributed by atoms with Crippen molar-refractivity contribution >= 4 is 5.97 Å². The summed E-state index contributed by atoms with van der Waals surface area (Å²) in [6.45, 7) is 3.57. The van der Waals surface area contributed by atoms with Crippen LogP contribution in [-0.2, 0) is 19.0 Å². The third-order valence-corrected chi connectivity index (χ3v) is 2.12. The van der Waals surface area contributed by atoms with Gasteiger partial charge >= 0.3 is 5.97 Å². The molecule has 1 rings (SSSR count). The second-order valence-electron chi connectivity index (χ2n) is 3.20. The number of hydrogen-bond donors (Lipinski definition) is 0. The summed E-state index contributed by atoms with van der Waals surface area (Å²) in [6, 6.07) is 0. The number of carbonyl (C=O) groups is 1. The Hall–Kier alpha value is -0.870. The predicted molar refractivity (Wildman–Crippen MR) is 50.9 cm³/mol. The quantitative estimate of drug-likeness (QED) is 0.500. The summed E-state index contributed by atoms with van der Waals surface area (Å²) >= 11 is 0. The first-order valence-electron chi connectivity index (χ1n) is 4.68. The van der Waals surface area contributed by atoms with Crippen molar-refractivity contribution in [1.29, 1.82) is 0 Å². The fourth-order valence-electron chi connectivity index (χ4n) is 1.20. The molecule has 4 nitrogen and oxygen atoms in total. The molecular weight excluding hydrogens is 184 g/mol. The Morgan fingerprint density at radius 3 is 3.00 bits per heavy atom. The van der Waals surface area contributed by atoms with E-state index in [2.05, 4.69) is 4.74 Å². The normalized spacial score (nSPS) is 22.4. The smallest absolute Gasteiger partial charge is 0.333 e. The lowest BCUT2D eigenvalue weighted by molar-refractivity contribution is -0.136. The second-order valence-corrected chi connectivity index (χ2v) is 3.20. The van der Waals surface area contributed by atoms with Crippen molar-refractivity contribution in [3.05, 3.63) is 11.6 Å². The van der Waals surface area contributed by atoms with E-state index in [0.29, 0.717) is 18.8 Å². The van der Waals surface area contributed by atoms with E-state index in [-0.39, 0.29) is 12.1 Å². The van der Waals surface area contributed by atoms with E-state index < -0.39 is 0 Å². The molecule has 0 saturated carbocycles. The van der Waals surface area contributed by atoms with Gasteiger partial charge in [-0.05, 0) is 19.4 Å². The summed E-state index contributed by atoms with van der Waals surface area (Å²) < 4.78 is 15.2. The maximum atomic E-state index is 11.0. The molecule has 0 radical (unpaired) electrons. The Kier molecular flexibility index (Phi) is 4.62. The molecule has 0 spiro atoms. The molecule has 1 fully saturated rings. The van der Waals surface area contributed by atoms with E-state index in [1.54, 1.807) is 13.0 Å². The van der Waals surface area contributed by atoms with Crippen molar-refractivity contribution < 1.29 is 19.0 Å². The molecule has 0 aromatic rings. The van der Waals surface area contributed by atoms with Crippen LogP contribution in [0.1, 0.15) is 13.3 Å². The standard InChI is InChI=1S/C10H16O4/c1-8(10(11)12-2)3-6-14-9-4-5-13-7-9/h3,9H,4-7H2,1-2H3. The minimum Gasteiger partial charge on any atom is -0.466 e. The van der Waals surface area contributed by atoms with Crippen LogP contribution in [0.25, 0.3) is 0 Å². The van der Waals surface area contributed by atoms with Gasteiger partial charge in [0, 0.05) is 12.2 Å². The van der Waals surface area contributed by atoms with E-state index in [9.17, 15) is 4.79 Å². The lowest BCUT2D eigenvalue weighted by Crippen LogP contribution is -2.12. The molecule has 0 bridgehead atoms. The summed E-state index contributed by atoms with van der Waals surface area (Å²) in [5, 5.41) is 0. The van der Waals surface area contributed by atoms with Crippen molar-refractivity contribution in [3.63, 3.8) is 0 Å². The Labute approximate surface area is 83.8 Å². The van der Waals surface area contributed by atoms with Crippen LogP contribution in [0.2, 0.25) is 0 Å². The lowest BCUT2D eigenvalue weighted by atomic mass is 10.3. The van der Waals surface area contributed by atoms with Gasteiger partial charge in [-0.25, -0.2) is 4.79 Å². The molecule has 4 heteroatoms. The van der Waals surface area contributed by atoms with Crippen LogP contribution in [0.5, 0.6) is 0 Å². The van der Waals surface area contributed by atoms with Crippen molar-refractivity contribution in [2.75, 3.05) is 26.9 Å². The number of hydrogen-bond acceptors (Lipinski definition) is 4. The number of methoxy groups -OCH3 is 1. The molecule has 0 aliphatic carbocycles. The van der Waals surface area contributed by atoms with Crippen LogP contribution in [0.3, 0.4) is 0 Å². The van der Waals surface area contributed by atoms with Crippen LogP contribution in [-0.4, -0.2) is 39.0 Å². The van der Waals surface area contributed by atoms with Crippen LogP contribution in [0.4, 0.5) is 0 Å². The molecule has 0 aromatic heterocycles. The van der Waals surface area contributed by atoms with Crippen molar-refractivity contribution in [2.24, 2.45) is 0 Å². The van der Waals surface area contributed by atoms with Gasteiger partial charge in [-0.15, -0.1) is 0 Å². The van der Waals surface area contributed by atoms with Crippen LogP contribution in [0, 0.1) is 0 Å². The first kappa shape index (κ1) is 11.2. The van der Waals surface area contributed by atoms with Crippen molar-refractivity contribution in [3.8, 4) is 0 Å². The van der Waals surface area contributed by atoms with Crippen molar-refractivity contribution in [1.82, 2.24) is 0 Å². The molecule has 1 heterocycles. The average Bonchev–Trinajstić information content (AvgIpc) is 2.69. The van der Waals surface area contributed by atoms with Gasteiger partial charge in [0.15, 0.2) is 0 Å². The number of ether oxygens (including phenoxy) is 3. The zero-order valence-corrected chi connectivity index (χ0v) is 8.62. The SMILES string of the molecule is COC(=O)C(C)=CCOC1CCOC1. The number of esters is 1. The fraction of sp³-hybridized carbons (Fsp3) is 0.700. The van der Waals surface area contributed by atoms with E-state index in [0.717, 1.165) is 13.0 Å². The highest BCUT2D eigenvalue weighted by Gasteiger charge is 2.15. The maximum Gasteiger partial charge on any atom is 0.333 e. The lowest BCUT2D eigenvalue weighted by Gasteiger charge is -2.07. The molecule has 0 N–H and O–H groups in total. The van der Waals surface area contributed by atoms with Gasteiger partial charge in [0.05, 0.1) is 26.4 Å². The van der Waals surface area contributed by atoms with Gasteiger partial charge in [-0.3, -0.25) is 0 Å². The molecule has 14 heavy (non-hydrogen) atoms. The molecule has 80 valence electrons. The molecule has 1 aliphatic heterocycles. The fourth-order valence-corrected chi connectivity index (χ4v) is 1.20. The molecule has 1 saturated heterocycles. The van der Waals surface area contributed by atoms with Gasteiger partial charge < -0.3 is 14.2 Å². The van der Waals surface area contributed by atoms with E-state index in [1.165, 1.54) is 7.11 Å². The van der Waals surface area contributed by atoms with Gasteiger partial charge in [0.25, 0.3) is 0 Å². The third kappa shape index (κ3) is 3.47. The Bertz CT molecular complexity index is 216. The summed E-state index contributed by atoms with van der Waals surface area (Å²) in [5.74, 6) is -0.309. The molecule has 1 unspecified atom stereocenters. The Morgan fingerprint density at radius 1 is 1.64 bits per heavy atom. The largest absolute Gasteiger partial charge is 0.466 e. The highest BCUT2D eigenvalue weighted by molar-refractivity contribution is 5.87. The van der Waals surface area contributed by atoms with Crippen LogP contribution >= 0.6 is 0 Å². The molecule has 0 amide bonds.